The highest BCUT2D eigenvalue weighted by Crippen LogP contribution is 2.41. The van der Waals surface area contributed by atoms with Crippen LogP contribution in [-0.2, 0) is 15.7 Å². The lowest BCUT2D eigenvalue weighted by molar-refractivity contribution is -0.143. The Kier molecular flexibility index (Phi) is 6.84. The van der Waals surface area contributed by atoms with Crippen molar-refractivity contribution in [2.24, 2.45) is 0 Å². The fourth-order valence-electron chi connectivity index (χ4n) is 4.57. The Morgan fingerprint density at radius 3 is 2.60 bits per heavy atom. The van der Waals surface area contributed by atoms with E-state index >= 15 is 0 Å². The number of aromatic nitrogens is 2. The van der Waals surface area contributed by atoms with E-state index in [1.807, 2.05) is 38.1 Å². The van der Waals surface area contributed by atoms with Crippen LogP contribution in [0.4, 0.5) is 13.2 Å². The summed E-state index contributed by atoms with van der Waals surface area (Å²) in [5, 5.41) is 3.65. The van der Waals surface area contributed by atoms with Gasteiger partial charge >= 0.3 is 12.1 Å². The summed E-state index contributed by atoms with van der Waals surface area (Å²) in [6.45, 7) is 5.59. The van der Waals surface area contributed by atoms with Gasteiger partial charge in [0.25, 0.3) is 0 Å². The van der Waals surface area contributed by atoms with Gasteiger partial charge in [-0.05, 0) is 75.0 Å². The molecule has 1 saturated heterocycles. The minimum Gasteiger partial charge on any atom is -0.465 e. The molecule has 0 bridgehead atoms. The van der Waals surface area contributed by atoms with Gasteiger partial charge in [-0.2, -0.15) is 13.2 Å². The minimum absolute atomic E-state index is 0.0686. The molecule has 6 nitrogen and oxygen atoms in total. The molecule has 4 rings (SSSR count). The highest BCUT2D eigenvalue weighted by molar-refractivity contribution is 7.80. The molecule has 0 amide bonds. The first-order valence-electron chi connectivity index (χ1n) is 11.1. The Balaban J connectivity index is 1.82. The average Bonchev–Trinajstić information content (AvgIpc) is 3.29. The van der Waals surface area contributed by atoms with Crippen molar-refractivity contribution in [1.29, 1.82) is 0 Å². The van der Waals surface area contributed by atoms with Gasteiger partial charge in [-0.25, -0.2) is 0 Å². The van der Waals surface area contributed by atoms with Crippen LogP contribution in [-0.4, -0.2) is 38.7 Å². The number of rotatable bonds is 6. The third kappa shape index (κ3) is 4.88. The third-order valence-electron chi connectivity index (χ3n) is 6.02. The summed E-state index contributed by atoms with van der Waals surface area (Å²) in [6, 6.07) is 11.9. The number of benzene rings is 1. The van der Waals surface area contributed by atoms with Gasteiger partial charge in [0, 0.05) is 23.3 Å². The maximum atomic E-state index is 13.4. The van der Waals surface area contributed by atoms with Gasteiger partial charge < -0.3 is 19.5 Å². The van der Waals surface area contributed by atoms with Gasteiger partial charge in [0.05, 0.1) is 29.9 Å². The van der Waals surface area contributed by atoms with Crippen molar-refractivity contribution in [1.82, 2.24) is 19.8 Å². The van der Waals surface area contributed by atoms with Crippen LogP contribution < -0.4 is 5.32 Å². The SMILES string of the molecule is CCOC(=O)CN1C(=S)N[C@H](c2ccccn2)[C@H]1c1cc(C)n(-c2cccc(C(F)(F)F)c2)c1C. The number of nitrogens with one attached hydrogen (secondary N) is 1. The van der Waals surface area contributed by atoms with Crippen molar-refractivity contribution in [2.45, 2.75) is 39.0 Å². The molecule has 0 unspecified atom stereocenters. The van der Waals surface area contributed by atoms with Crippen LogP contribution in [0.2, 0.25) is 0 Å². The first-order chi connectivity index (χ1) is 16.6. The fraction of sp³-hybridized carbons (Fsp3) is 0.320. The van der Waals surface area contributed by atoms with Gasteiger partial charge in [-0.1, -0.05) is 12.1 Å². The average molecular weight is 503 g/mol. The molecule has 35 heavy (non-hydrogen) atoms. The fourth-order valence-corrected chi connectivity index (χ4v) is 4.87. The molecule has 3 heterocycles. The van der Waals surface area contributed by atoms with Crippen molar-refractivity contribution in [2.75, 3.05) is 13.2 Å². The maximum Gasteiger partial charge on any atom is 0.416 e. The van der Waals surface area contributed by atoms with Crippen molar-refractivity contribution in [3.05, 3.63) is 82.9 Å². The first kappa shape index (κ1) is 24.7. The van der Waals surface area contributed by atoms with Crippen LogP contribution in [0.3, 0.4) is 0 Å². The number of aryl methyl sites for hydroxylation is 1. The van der Waals surface area contributed by atoms with E-state index in [-0.39, 0.29) is 19.2 Å². The molecule has 2 aromatic heterocycles. The molecule has 1 aromatic carbocycles. The third-order valence-corrected chi connectivity index (χ3v) is 6.38. The lowest BCUT2D eigenvalue weighted by Crippen LogP contribution is -2.35. The van der Waals surface area contributed by atoms with Crippen molar-refractivity contribution >= 4 is 23.3 Å². The zero-order valence-electron chi connectivity index (χ0n) is 19.5. The van der Waals surface area contributed by atoms with E-state index < -0.39 is 23.8 Å². The second kappa shape index (κ2) is 9.69. The number of alkyl halides is 3. The molecule has 0 radical (unpaired) electrons. The zero-order valence-corrected chi connectivity index (χ0v) is 20.3. The summed E-state index contributed by atoms with van der Waals surface area (Å²) in [5.74, 6) is -0.421. The second-order valence-corrected chi connectivity index (χ2v) is 8.66. The number of carbonyl (C=O) groups is 1. The largest absolute Gasteiger partial charge is 0.465 e. The summed E-state index contributed by atoms with van der Waals surface area (Å²) >= 11 is 5.58. The van der Waals surface area contributed by atoms with E-state index in [2.05, 4.69) is 10.3 Å². The molecule has 1 fully saturated rings. The number of nitrogens with zero attached hydrogens (tertiary/aromatic N) is 3. The monoisotopic (exact) mass is 502 g/mol. The van der Waals surface area contributed by atoms with Crippen LogP contribution in [0.15, 0.2) is 54.7 Å². The summed E-state index contributed by atoms with van der Waals surface area (Å²) in [7, 11) is 0. The summed E-state index contributed by atoms with van der Waals surface area (Å²) in [4.78, 5) is 18.6. The van der Waals surface area contributed by atoms with Crippen LogP contribution in [0.5, 0.6) is 0 Å². The number of halogens is 3. The lowest BCUT2D eigenvalue weighted by atomic mass is 9.97. The Hall–Kier alpha value is -3.40. The smallest absolute Gasteiger partial charge is 0.416 e. The molecule has 0 spiro atoms. The molecule has 0 aliphatic carbocycles. The van der Waals surface area contributed by atoms with Crippen LogP contribution in [0.25, 0.3) is 5.69 Å². The van der Waals surface area contributed by atoms with E-state index in [1.165, 1.54) is 6.07 Å². The molecule has 3 aromatic rings. The van der Waals surface area contributed by atoms with Crippen LogP contribution in [0.1, 0.15) is 47.2 Å². The molecule has 184 valence electrons. The quantitative estimate of drug-likeness (QED) is 0.376. The Bertz CT molecular complexity index is 1240. The first-order valence-corrected chi connectivity index (χ1v) is 11.5. The topological polar surface area (TPSA) is 59.4 Å². The highest BCUT2D eigenvalue weighted by Gasteiger charge is 2.42. The lowest BCUT2D eigenvalue weighted by Gasteiger charge is -2.27. The van der Waals surface area contributed by atoms with E-state index in [9.17, 15) is 18.0 Å². The summed E-state index contributed by atoms with van der Waals surface area (Å²) in [6.07, 6.45) is -2.77. The highest BCUT2D eigenvalue weighted by atomic mass is 32.1. The minimum atomic E-state index is -4.45. The van der Waals surface area contributed by atoms with E-state index in [0.717, 1.165) is 34.8 Å². The normalized spacial score (nSPS) is 18.0. The molecule has 1 aliphatic rings. The van der Waals surface area contributed by atoms with E-state index in [1.54, 1.807) is 28.7 Å². The standard InChI is InChI=1S/C25H25F3N4O2S/c1-4-34-21(33)14-31-23(22(30-24(31)35)20-10-5-6-11-29-20)19-12-15(2)32(16(19)3)18-9-7-8-17(13-18)25(26,27)28/h5-13,22-23H,4,14H2,1-3H3,(H,30,35)/t22-,23-/m1/s1. The van der Waals surface area contributed by atoms with E-state index in [0.29, 0.717) is 10.8 Å². The van der Waals surface area contributed by atoms with Crippen LogP contribution in [0, 0.1) is 13.8 Å². The molecule has 0 saturated carbocycles. The van der Waals surface area contributed by atoms with Crippen molar-refractivity contribution in [3.8, 4) is 5.69 Å². The van der Waals surface area contributed by atoms with Crippen molar-refractivity contribution < 1.29 is 22.7 Å². The zero-order chi connectivity index (χ0) is 25.3. The summed E-state index contributed by atoms with van der Waals surface area (Å²) in [5.41, 5.74) is 2.74. The molecule has 10 heteroatoms. The second-order valence-electron chi connectivity index (χ2n) is 8.27. The van der Waals surface area contributed by atoms with Gasteiger partial charge in [-0.3, -0.25) is 9.78 Å². The maximum absolute atomic E-state index is 13.4. The predicted molar refractivity (Wildman–Crippen MR) is 129 cm³/mol. The molecular formula is C25H25F3N4O2S. The molecule has 2 atom stereocenters. The summed E-state index contributed by atoms with van der Waals surface area (Å²) < 4.78 is 47.0. The number of hydrogen-bond acceptors (Lipinski definition) is 4. The van der Waals surface area contributed by atoms with Gasteiger partial charge in [0.2, 0.25) is 0 Å². The van der Waals surface area contributed by atoms with Crippen molar-refractivity contribution in [3.63, 3.8) is 0 Å². The Morgan fingerprint density at radius 2 is 1.94 bits per heavy atom. The van der Waals surface area contributed by atoms with E-state index in [4.69, 9.17) is 17.0 Å². The number of pyridine rings is 1. The Morgan fingerprint density at radius 1 is 1.17 bits per heavy atom. The van der Waals surface area contributed by atoms with Crippen LogP contribution >= 0.6 is 12.2 Å². The van der Waals surface area contributed by atoms with Gasteiger partial charge in [0.1, 0.15) is 6.54 Å². The predicted octanol–water partition coefficient (Wildman–Crippen LogP) is 5.04. The molecule has 1 N–H and O–H groups in total. The number of thiocarbonyl (C=S) groups is 1. The number of carbonyl (C=O) groups excluding carboxylic acids is 1. The Labute approximate surface area is 206 Å². The molecule has 1 aliphatic heterocycles. The van der Waals surface area contributed by atoms with Gasteiger partial charge in [0.15, 0.2) is 5.11 Å². The van der Waals surface area contributed by atoms with Gasteiger partial charge in [-0.15, -0.1) is 0 Å². The number of hydrogen-bond donors (Lipinski definition) is 1. The number of esters is 1. The molecular weight excluding hydrogens is 477 g/mol. The number of ether oxygens (including phenoxy) is 1.